The molecule has 2 aromatic rings. The summed E-state index contributed by atoms with van der Waals surface area (Å²) in [5, 5.41) is 12.8. The summed E-state index contributed by atoms with van der Waals surface area (Å²) in [6, 6.07) is 10.5. The van der Waals surface area contributed by atoms with Crippen molar-refractivity contribution in [2.75, 3.05) is 5.75 Å². The first-order valence-electron chi connectivity index (χ1n) is 10.7. The standard InChI is InChI=1S/C23H32N4OS/c1-3-16-27-22(20-12-8-5-9-13-20)25-26-23(27)29-17-21(28)24-18(2)14-15-19-10-6-4-7-11-19/h3-4,6-7,10-11,18,20H,1,5,8-9,12-17H2,2H3,(H,24,28). The Morgan fingerprint density at radius 3 is 2.76 bits per heavy atom. The zero-order chi connectivity index (χ0) is 20.5. The highest BCUT2D eigenvalue weighted by molar-refractivity contribution is 7.99. The molecule has 0 saturated heterocycles. The Labute approximate surface area is 178 Å². The molecule has 1 fully saturated rings. The maximum Gasteiger partial charge on any atom is 0.230 e. The monoisotopic (exact) mass is 412 g/mol. The van der Waals surface area contributed by atoms with Crippen molar-refractivity contribution in [3.63, 3.8) is 0 Å². The Kier molecular flexibility index (Phi) is 8.35. The number of carbonyl (C=O) groups is 1. The number of nitrogens with zero attached hydrogens (tertiary/aromatic N) is 3. The maximum absolute atomic E-state index is 12.4. The van der Waals surface area contributed by atoms with Gasteiger partial charge in [-0.15, -0.1) is 16.8 Å². The van der Waals surface area contributed by atoms with Crippen molar-refractivity contribution < 1.29 is 4.79 Å². The zero-order valence-electron chi connectivity index (χ0n) is 17.3. The van der Waals surface area contributed by atoms with Crippen LogP contribution < -0.4 is 5.32 Å². The normalized spacial score (nSPS) is 15.8. The van der Waals surface area contributed by atoms with E-state index < -0.39 is 0 Å². The Hall–Kier alpha value is -2.08. The molecule has 1 heterocycles. The molecule has 1 aliphatic carbocycles. The number of carbonyl (C=O) groups excluding carboxylic acids is 1. The van der Waals surface area contributed by atoms with Crippen LogP contribution in [0.25, 0.3) is 0 Å². The Bertz CT molecular complexity index is 783. The van der Waals surface area contributed by atoms with Gasteiger partial charge in [-0.25, -0.2) is 0 Å². The fourth-order valence-electron chi connectivity index (χ4n) is 3.92. The van der Waals surface area contributed by atoms with Crippen LogP contribution in [0.3, 0.4) is 0 Å². The summed E-state index contributed by atoms with van der Waals surface area (Å²) >= 11 is 1.47. The quantitative estimate of drug-likeness (QED) is 0.452. The molecule has 1 N–H and O–H groups in total. The summed E-state index contributed by atoms with van der Waals surface area (Å²) < 4.78 is 2.14. The molecule has 1 aromatic heterocycles. The first-order valence-corrected chi connectivity index (χ1v) is 11.7. The molecule has 1 aliphatic rings. The number of nitrogens with one attached hydrogen (secondary N) is 1. The lowest BCUT2D eigenvalue weighted by Crippen LogP contribution is -2.34. The van der Waals surface area contributed by atoms with Crippen molar-refractivity contribution in [2.45, 2.75) is 75.5 Å². The lowest BCUT2D eigenvalue weighted by atomic mass is 9.89. The average molecular weight is 413 g/mol. The average Bonchev–Trinajstić information content (AvgIpc) is 3.15. The van der Waals surface area contributed by atoms with Crippen molar-refractivity contribution in [1.29, 1.82) is 0 Å². The van der Waals surface area contributed by atoms with Crippen LogP contribution in [0.15, 0.2) is 48.1 Å². The largest absolute Gasteiger partial charge is 0.353 e. The summed E-state index contributed by atoms with van der Waals surface area (Å²) in [5.41, 5.74) is 1.30. The van der Waals surface area contributed by atoms with Crippen molar-refractivity contribution in [3.8, 4) is 0 Å². The molecule has 1 amide bonds. The van der Waals surface area contributed by atoms with Gasteiger partial charge >= 0.3 is 0 Å². The molecule has 0 aliphatic heterocycles. The molecule has 6 heteroatoms. The molecule has 5 nitrogen and oxygen atoms in total. The molecule has 0 radical (unpaired) electrons. The minimum Gasteiger partial charge on any atom is -0.353 e. The first-order chi connectivity index (χ1) is 14.2. The van der Waals surface area contributed by atoms with E-state index in [-0.39, 0.29) is 11.9 Å². The van der Waals surface area contributed by atoms with E-state index in [2.05, 4.69) is 57.8 Å². The second kappa shape index (κ2) is 11.2. The van der Waals surface area contributed by atoms with Gasteiger partial charge in [-0.2, -0.15) is 0 Å². The van der Waals surface area contributed by atoms with E-state index in [1.54, 1.807) is 0 Å². The van der Waals surface area contributed by atoms with E-state index >= 15 is 0 Å². The number of aromatic nitrogens is 3. The first kappa shape index (κ1) is 21.6. The van der Waals surface area contributed by atoms with E-state index in [1.807, 2.05) is 12.1 Å². The molecular formula is C23H32N4OS. The molecule has 156 valence electrons. The van der Waals surface area contributed by atoms with Crippen molar-refractivity contribution in [3.05, 3.63) is 54.4 Å². The SMILES string of the molecule is C=CCn1c(SCC(=O)NC(C)CCc2ccccc2)nnc1C1CCCCC1. The lowest BCUT2D eigenvalue weighted by molar-refractivity contribution is -0.119. The van der Waals surface area contributed by atoms with E-state index in [1.165, 1.54) is 49.4 Å². The second-order valence-electron chi connectivity index (χ2n) is 7.86. The van der Waals surface area contributed by atoms with Gasteiger partial charge in [0.25, 0.3) is 0 Å². The van der Waals surface area contributed by atoms with E-state index in [0.717, 1.165) is 23.8 Å². The van der Waals surface area contributed by atoms with Gasteiger partial charge in [0.05, 0.1) is 5.75 Å². The van der Waals surface area contributed by atoms with Gasteiger partial charge in [0.2, 0.25) is 5.91 Å². The van der Waals surface area contributed by atoms with Crippen LogP contribution in [-0.4, -0.2) is 32.5 Å². The third kappa shape index (κ3) is 6.46. The second-order valence-corrected chi connectivity index (χ2v) is 8.80. The number of hydrogen-bond acceptors (Lipinski definition) is 4. The van der Waals surface area contributed by atoms with Crippen LogP contribution >= 0.6 is 11.8 Å². The van der Waals surface area contributed by atoms with Gasteiger partial charge in [-0.1, -0.05) is 67.4 Å². The van der Waals surface area contributed by atoms with Crippen LogP contribution in [0.5, 0.6) is 0 Å². The third-order valence-corrected chi connectivity index (χ3v) is 6.44. The fourth-order valence-corrected chi connectivity index (χ4v) is 4.68. The Balaban J connectivity index is 1.50. The zero-order valence-corrected chi connectivity index (χ0v) is 18.2. The summed E-state index contributed by atoms with van der Waals surface area (Å²) in [7, 11) is 0. The van der Waals surface area contributed by atoms with Crippen molar-refractivity contribution in [1.82, 2.24) is 20.1 Å². The maximum atomic E-state index is 12.4. The molecule has 1 atom stereocenters. The van der Waals surface area contributed by atoms with Gasteiger partial charge in [0.1, 0.15) is 5.82 Å². The highest BCUT2D eigenvalue weighted by Gasteiger charge is 2.23. The van der Waals surface area contributed by atoms with Gasteiger partial charge in [0.15, 0.2) is 5.16 Å². The fraction of sp³-hybridized carbons (Fsp3) is 0.522. The summed E-state index contributed by atoms with van der Waals surface area (Å²) in [6.45, 7) is 6.63. The van der Waals surface area contributed by atoms with Crippen LogP contribution in [0.1, 0.15) is 62.8 Å². The Morgan fingerprint density at radius 1 is 1.28 bits per heavy atom. The molecule has 1 aromatic carbocycles. The van der Waals surface area contributed by atoms with Gasteiger partial charge < -0.3 is 9.88 Å². The van der Waals surface area contributed by atoms with Gasteiger partial charge in [0, 0.05) is 18.5 Å². The Morgan fingerprint density at radius 2 is 2.03 bits per heavy atom. The number of allylic oxidation sites excluding steroid dienone is 1. The number of rotatable bonds is 10. The number of hydrogen-bond donors (Lipinski definition) is 1. The minimum atomic E-state index is 0.0444. The smallest absolute Gasteiger partial charge is 0.230 e. The molecule has 0 spiro atoms. The minimum absolute atomic E-state index is 0.0444. The molecule has 3 rings (SSSR count). The topological polar surface area (TPSA) is 59.8 Å². The molecule has 1 saturated carbocycles. The predicted octanol–water partition coefficient (Wildman–Crippen LogP) is 4.74. The lowest BCUT2D eigenvalue weighted by Gasteiger charge is -2.21. The van der Waals surface area contributed by atoms with E-state index in [4.69, 9.17) is 0 Å². The molecule has 0 bridgehead atoms. The summed E-state index contributed by atoms with van der Waals surface area (Å²) in [4.78, 5) is 12.4. The molecule has 29 heavy (non-hydrogen) atoms. The van der Waals surface area contributed by atoms with Crippen LogP contribution in [0, 0.1) is 0 Å². The summed E-state index contributed by atoms with van der Waals surface area (Å²) in [5.74, 6) is 1.94. The third-order valence-electron chi connectivity index (χ3n) is 5.48. The predicted molar refractivity (Wildman–Crippen MR) is 119 cm³/mol. The number of amides is 1. The van der Waals surface area contributed by atoms with Gasteiger partial charge in [-0.3, -0.25) is 4.79 Å². The van der Waals surface area contributed by atoms with Gasteiger partial charge in [-0.05, 0) is 38.2 Å². The van der Waals surface area contributed by atoms with Crippen LogP contribution in [0.2, 0.25) is 0 Å². The van der Waals surface area contributed by atoms with E-state index in [9.17, 15) is 4.79 Å². The van der Waals surface area contributed by atoms with Crippen molar-refractivity contribution in [2.24, 2.45) is 0 Å². The van der Waals surface area contributed by atoms with Crippen molar-refractivity contribution >= 4 is 17.7 Å². The molecule has 1 unspecified atom stereocenters. The molecular weight excluding hydrogens is 380 g/mol. The van der Waals surface area contributed by atoms with Crippen LogP contribution in [0.4, 0.5) is 0 Å². The number of thioether (sulfide) groups is 1. The highest BCUT2D eigenvalue weighted by Crippen LogP contribution is 2.33. The van der Waals surface area contributed by atoms with Crippen LogP contribution in [-0.2, 0) is 17.8 Å². The number of benzene rings is 1. The highest BCUT2D eigenvalue weighted by atomic mass is 32.2. The number of aryl methyl sites for hydroxylation is 1. The summed E-state index contributed by atoms with van der Waals surface area (Å²) in [6.07, 6.45) is 9.97. The van der Waals surface area contributed by atoms with E-state index in [0.29, 0.717) is 18.2 Å².